The van der Waals surface area contributed by atoms with Crippen molar-refractivity contribution in [2.45, 2.75) is 25.3 Å². The van der Waals surface area contributed by atoms with Crippen molar-refractivity contribution in [3.8, 4) is 11.6 Å². The zero-order valence-electron chi connectivity index (χ0n) is 17.9. The lowest BCUT2D eigenvalue weighted by molar-refractivity contribution is 0.421. The van der Waals surface area contributed by atoms with Gasteiger partial charge in [-0.15, -0.1) is 24.0 Å². The maximum Gasteiger partial charge on any atom is 0.276 e. The van der Waals surface area contributed by atoms with Crippen molar-refractivity contribution in [3.05, 3.63) is 59.5 Å². The van der Waals surface area contributed by atoms with Gasteiger partial charge in [0.25, 0.3) is 5.89 Å². The van der Waals surface area contributed by atoms with Crippen LogP contribution in [0.3, 0.4) is 0 Å². The van der Waals surface area contributed by atoms with Gasteiger partial charge in [0.2, 0.25) is 0 Å². The van der Waals surface area contributed by atoms with Crippen molar-refractivity contribution < 1.29 is 4.52 Å². The molecule has 2 aromatic heterocycles. The van der Waals surface area contributed by atoms with E-state index in [4.69, 9.17) is 16.1 Å². The number of anilines is 1. The molecule has 1 fully saturated rings. The highest BCUT2D eigenvalue weighted by Gasteiger charge is 2.22. The molecule has 1 aliphatic rings. The second-order valence-corrected chi connectivity index (χ2v) is 7.77. The van der Waals surface area contributed by atoms with E-state index in [9.17, 15) is 0 Å². The van der Waals surface area contributed by atoms with Crippen LogP contribution in [-0.4, -0.2) is 53.8 Å². The maximum atomic E-state index is 6.38. The van der Waals surface area contributed by atoms with Gasteiger partial charge >= 0.3 is 0 Å². The summed E-state index contributed by atoms with van der Waals surface area (Å²) in [5.41, 5.74) is 1.76. The molecule has 2 N–H and O–H groups in total. The fraction of sp³-hybridized carbons (Fsp3) is 0.364. The first-order valence-electron chi connectivity index (χ1n) is 10.4. The first-order chi connectivity index (χ1) is 15.2. The molecule has 3 aromatic rings. The van der Waals surface area contributed by atoms with E-state index in [1.54, 1.807) is 13.2 Å². The molecule has 0 saturated carbocycles. The summed E-state index contributed by atoms with van der Waals surface area (Å²) in [5.74, 6) is 1.82. The van der Waals surface area contributed by atoms with Crippen molar-refractivity contribution in [1.82, 2.24) is 25.8 Å². The molecule has 3 heterocycles. The fourth-order valence-corrected chi connectivity index (χ4v) is 3.91. The third kappa shape index (κ3) is 6.32. The molecule has 170 valence electrons. The predicted molar refractivity (Wildman–Crippen MR) is 138 cm³/mol. The third-order valence-electron chi connectivity index (χ3n) is 5.17. The molecular formula is C22H27ClIN7O. The molecule has 32 heavy (non-hydrogen) atoms. The van der Waals surface area contributed by atoms with Gasteiger partial charge in [-0.3, -0.25) is 9.98 Å². The van der Waals surface area contributed by atoms with Gasteiger partial charge in [-0.05, 0) is 37.1 Å². The highest BCUT2D eigenvalue weighted by molar-refractivity contribution is 14.0. The quantitative estimate of drug-likeness (QED) is 0.266. The number of pyridine rings is 1. The molecule has 0 aliphatic carbocycles. The Bertz CT molecular complexity index is 1010. The summed E-state index contributed by atoms with van der Waals surface area (Å²) < 4.78 is 5.31. The predicted octanol–water partition coefficient (Wildman–Crippen LogP) is 3.78. The number of hydrogen-bond acceptors (Lipinski definition) is 6. The first kappa shape index (κ1) is 24.2. The number of para-hydroxylation sites is 1. The minimum absolute atomic E-state index is 0. The van der Waals surface area contributed by atoms with Crippen LogP contribution in [0.4, 0.5) is 5.69 Å². The molecule has 10 heteroatoms. The van der Waals surface area contributed by atoms with Crippen LogP contribution in [0, 0.1) is 0 Å². The zero-order valence-corrected chi connectivity index (χ0v) is 21.0. The van der Waals surface area contributed by atoms with Crippen LogP contribution in [0.5, 0.6) is 0 Å². The van der Waals surface area contributed by atoms with E-state index in [1.807, 2.05) is 36.4 Å². The van der Waals surface area contributed by atoms with Crippen LogP contribution in [0.25, 0.3) is 11.6 Å². The largest absolute Gasteiger partial charge is 0.368 e. The lowest BCUT2D eigenvalue weighted by Gasteiger charge is -2.35. The molecule has 4 rings (SSSR count). The Balaban J connectivity index is 0.00000289. The minimum Gasteiger partial charge on any atom is -0.368 e. The smallest absolute Gasteiger partial charge is 0.276 e. The van der Waals surface area contributed by atoms with Gasteiger partial charge in [-0.2, -0.15) is 4.98 Å². The SMILES string of the molecule is CN=C(NCCc1noc(-c2ccccn2)n1)NC1CCCN(c2ccccc2Cl)C1.I. The van der Waals surface area contributed by atoms with Crippen LogP contribution in [0.1, 0.15) is 18.7 Å². The van der Waals surface area contributed by atoms with Crippen molar-refractivity contribution in [3.63, 3.8) is 0 Å². The van der Waals surface area contributed by atoms with E-state index in [-0.39, 0.29) is 30.0 Å². The molecule has 0 radical (unpaired) electrons. The molecular weight excluding hydrogens is 541 g/mol. The summed E-state index contributed by atoms with van der Waals surface area (Å²) in [5, 5.41) is 11.7. The Morgan fingerprint density at radius 3 is 2.88 bits per heavy atom. The van der Waals surface area contributed by atoms with Crippen LogP contribution in [0.2, 0.25) is 5.02 Å². The van der Waals surface area contributed by atoms with E-state index in [0.29, 0.717) is 30.4 Å². The summed E-state index contributed by atoms with van der Waals surface area (Å²) in [6.07, 6.45) is 4.50. The number of guanidine groups is 1. The zero-order chi connectivity index (χ0) is 21.5. The third-order valence-corrected chi connectivity index (χ3v) is 5.49. The normalized spacial score (nSPS) is 16.4. The van der Waals surface area contributed by atoms with Crippen molar-refractivity contribution in [2.75, 3.05) is 31.6 Å². The standard InChI is InChI=1S/C22H26ClN7O.HI/c1-24-22(26-13-11-20-28-21(31-29-20)18-9-4-5-12-25-18)27-16-7-6-14-30(15-16)19-10-3-2-8-17(19)23;/h2-5,8-10,12,16H,6-7,11,13-15H2,1H3,(H2,24,26,27);1H. The number of rotatable bonds is 6. The Morgan fingerprint density at radius 2 is 2.09 bits per heavy atom. The summed E-state index contributed by atoms with van der Waals surface area (Å²) >= 11 is 6.38. The summed E-state index contributed by atoms with van der Waals surface area (Å²) in [6.45, 7) is 2.52. The van der Waals surface area contributed by atoms with Gasteiger partial charge < -0.3 is 20.1 Å². The monoisotopic (exact) mass is 567 g/mol. The molecule has 1 unspecified atom stereocenters. The number of benzene rings is 1. The Morgan fingerprint density at radius 1 is 1.25 bits per heavy atom. The van der Waals surface area contributed by atoms with Crippen LogP contribution in [-0.2, 0) is 6.42 Å². The second kappa shape index (κ2) is 12.0. The number of aliphatic imine (C=N–C) groups is 1. The van der Waals surface area contributed by atoms with Gasteiger partial charge in [-0.25, -0.2) is 0 Å². The molecule has 0 spiro atoms. The van der Waals surface area contributed by atoms with Gasteiger partial charge in [0.05, 0.1) is 10.7 Å². The van der Waals surface area contributed by atoms with Crippen LogP contribution >= 0.6 is 35.6 Å². The Hall–Kier alpha value is -2.40. The average Bonchev–Trinajstić information content (AvgIpc) is 3.28. The number of aromatic nitrogens is 3. The highest BCUT2D eigenvalue weighted by atomic mass is 127. The lowest BCUT2D eigenvalue weighted by Crippen LogP contribution is -2.51. The van der Waals surface area contributed by atoms with Crippen molar-refractivity contribution >= 4 is 47.2 Å². The van der Waals surface area contributed by atoms with Crippen molar-refractivity contribution in [1.29, 1.82) is 0 Å². The summed E-state index contributed by atoms with van der Waals surface area (Å²) in [4.78, 5) is 15.3. The molecule has 1 atom stereocenters. The Labute approximate surface area is 209 Å². The maximum absolute atomic E-state index is 6.38. The van der Waals surface area contributed by atoms with Gasteiger partial charge in [0, 0.05) is 45.3 Å². The molecule has 1 aliphatic heterocycles. The summed E-state index contributed by atoms with van der Waals surface area (Å²) in [7, 11) is 1.78. The first-order valence-corrected chi connectivity index (χ1v) is 10.8. The number of halogens is 2. The highest BCUT2D eigenvalue weighted by Crippen LogP contribution is 2.27. The minimum atomic E-state index is 0. The van der Waals surface area contributed by atoms with Crippen LogP contribution in [0.15, 0.2) is 58.2 Å². The van der Waals surface area contributed by atoms with E-state index in [2.05, 4.69) is 41.7 Å². The molecule has 0 amide bonds. The van der Waals surface area contributed by atoms with Crippen molar-refractivity contribution in [2.24, 2.45) is 4.99 Å². The molecule has 1 saturated heterocycles. The van der Waals surface area contributed by atoms with E-state index in [1.165, 1.54) is 0 Å². The van der Waals surface area contributed by atoms with Gasteiger partial charge in [-0.1, -0.05) is 35.0 Å². The number of nitrogens with zero attached hydrogens (tertiary/aromatic N) is 5. The topological polar surface area (TPSA) is 91.5 Å². The van der Waals surface area contributed by atoms with Crippen LogP contribution < -0.4 is 15.5 Å². The van der Waals surface area contributed by atoms with E-state index in [0.717, 1.165) is 42.6 Å². The molecule has 8 nitrogen and oxygen atoms in total. The van der Waals surface area contributed by atoms with Gasteiger partial charge in [0.1, 0.15) is 5.69 Å². The molecule has 1 aromatic carbocycles. The second-order valence-electron chi connectivity index (χ2n) is 7.36. The average molecular weight is 568 g/mol. The fourth-order valence-electron chi connectivity index (χ4n) is 3.65. The number of hydrogen-bond donors (Lipinski definition) is 2. The number of nitrogens with one attached hydrogen (secondary N) is 2. The van der Waals surface area contributed by atoms with Gasteiger partial charge in [0.15, 0.2) is 11.8 Å². The van der Waals surface area contributed by atoms with E-state index < -0.39 is 0 Å². The van der Waals surface area contributed by atoms with E-state index >= 15 is 0 Å². The summed E-state index contributed by atoms with van der Waals surface area (Å²) in [6, 6.07) is 13.9. The molecule has 0 bridgehead atoms. The lowest BCUT2D eigenvalue weighted by atomic mass is 10.0. The Kier molecular flexibility index (Phi) is 9.10. The number of piperidine rings is 1.